The van der Waals surface area contributed by atoms with Gasteiger partial charge in [0.2, 0.25) is 5.91 Å². The lowest BCUT2D eigenvalue weighted by atomic mass is 10.0. The molecule has 3 N–H and O–H groups in total. The average Bonchev–Trinajstić information content (AvgIpc) is 2.35. The van der Waals surface area contributed by atoms with E-state index in [2.05, 4.69) is 5.32 Å². The Kier molecular flexibility index (Phi) is 3.58. The summed E-state index contributed by atoms with van der Waals surface area (Å²) in [6, 6.07) is 4.32. The Labute approximate surface area is 98.9 Å². The van der Waals surface area contributed by atoms with Crippen molar-refractivity contribution in [3.63, 3.8) is 0 Å². The summed E-state index contributed by atoms with van der Waals surface area (Å²) in [5.41, 5.74) is 5.90. The molecule has 17 heavy (non-hydrogen) atoms. The molecule has 1 unspecified atom stereocenters. The van der Waals surface area contributed by atoms with E-state index < -0.39 is 5.82 Å². The molecular weight excluding hydrogens is 223 g/mol. The van der Waals surface area contributed by atoms with Gasteiger partial charge in [0.15, 0.2) is 0 Å². The topological polar surface area (TPSA) is 64.3 Å². The molecule has 1 heterocycles. The predicted octanol–water partition coefficient (Wildman–Crippen LogP) is 1.77. The number of ether oxygens (including phenoxy) is 1. The maximum Gasteiger partial charge on any atom is 0.229 e. The molecule has 1 amide bonds. The normalized spacial score (nSPS) is 19.9. The molecule has 2 rings (SSSR count). The first-order valence-electron chi connectivity index (χ1n) is 5.61. The van der Waals surface area contributed by atoms with Crippen molar-refractivity contribution >= 4 is 17.3 Å². The molecule has 0 aromatic heterocycles. The van der Waals surface area contributed by atoms with E-state index >= 15 is 0 Å². The van der Waals surface area contributed by atoms with Gasteiger partial charge in [-0.25, -0.2) is 4.39 Å². The number of hydrogen-bond donors (Lipinski definition) is 2. The largest absolute Gasteiger partial charge is 0.397 e. The van der Waals surface area contributed by atoms with Crippen molar-refractivity contribution in [1.29, 1.82) is 0 Å². The van der Waals surface area contributed by atoms with E-state index in [1.807, 2.05) is 0 Å². The summed E-state index contributed by atoms with van der Waals surface area (Å²) in [4.78, 5) is 11.9. The van der Waals surface area contributed by atoms with Crippen LogP contribution in [0, 0.1) is 11.7 Å². The molecule has 0 saturated carbocycles. The van der Waals surface area contributed by atoms with Gasteiger partial charge in [0, 0.05) is 6.61 Å². The quantitative estimate of drug-likeness (QED) is 0.772. The Balaban J connectivity index is 2.07. The smallest absolute Gasteiger partial charge is 0.229 e. The van der Waals surface area contributed by atoms with Crippen LogP contribution in [-0.2, 0) is 9.53 Å². The summed E-state index contributed by atoms with van der Waals surface area (Å²) >= 11 is 0. The van der Waals surface area contributed by atoms with Gasteiger partial charge in [0.25, 0.3) is 0 Å². The highest BCUT2D eigenvalue weighted by molar-refractivity contribution is 5.95. The first-order chi connectivity index (χ1) is 8.18. The number of nitrogens with two attached hydrogens (primary N) is 1. The number of para-hydroxylation sites is 1. The Bertz CT molecular complexity index is 397. The minimum absolute atomic E-state index is 0.0584. The second-order valence-corrected chi connectivity index (χ2v) is 4.11. The molecule has 0 bridgehead atoms. The molecule has 1 saturated heterocycles. The third kappa shape index (κ3) is 2.74. The van der Waals surface area contributed by atoms with Gasteiger partial charge in [0.05, 0.1) is 18.2 Å². The Morgan fingerprint density at radius 1 is 1.53 bits per heavy atom. The highest BCUT2D eigenvalue weighted by Crippen LogP contribution is 2.23. The lowest BCUT2D eigenvalue weighted by Gasteiger charge is -2.21. The first kappa shape index (κ1) is 11.9. The summed E-state index contributed by atoms with van der Waals surface area (Å²) in [5, 5.41) is 2.53. The van der Waals surface area contributed by atoms with E-state index in [9.17, 15) is 9.18 Å². The molecule has 1 fully saturated rings. The fraction of sp³-hybridized carbons (Fsp3) is 0.417. The number of amides is 1. The summed E-state index contributed by atoms with van der Waals surface area (Å²) < 4.78 is 18.7. The number of nitrogens with one attached hydrogen (secondary N) is 1. The number of carbonyl (C=O) groups excluding carboxylic acids is 1. The molecule has 1 aromatic rings. The molecule has 92 valence electrons. The number of anilines is 2. The van der Waals surface area contributed by atoms with Crippen LogP contribution in [0.3, 0.4) is 0 Å². The summed E-state index contributed by atoms with van der Waals surface area (Å²) in [6.45, 7) is 1.08. The average molecular weight is 238 g/mol. The molecular formula is C12H15FN2O2. The standard InChI is InChI=1S/C12H15FN2O2/c13-9-4-1-5-10(14)11(9)15-12(16)8-3-2-6-17-7-8/h1,4-5,8H,2-3,6-7,14H2,(H,15,16). The molecule has 5 heteroatoms. The minimum Gasteiger partial charge on any atom is -0.397 e. The Hall–Kier alpha value is -1.62. The third-order valence-electron chi connectivity index (χ3n) is 2.83. The zero-order chi connectivity index (χ0) is 12.3. The van der Waals surface area contributed by atoms with Crippen molar-refractivity contribution in [1.82, 2.24) is 0 Å². The summed E-state index contributed by atoms with van der Waals surface area (Å²) in [5.74, 6) is -0.973. The van der Waals surface area contributed by atoms with Gasteiger partial charge in [-0.15, -0.1) is 0 Å². The zero-order valence-corrected chi connectivity index (χ0v) is 9.41. The monoisotopic (exact) mass is 238 g/mol. The second-order valence-electron chi connectivity index (χ2n) is 4.11. The van der Waals surface area contributed by atoms with Gasteiger partial charge in [-0.05, 0) is 25.0 Å². The van der Waals surface area contributed by atoms with E-state index in [0.717, 1.165) is 12.8 Å². The van der Waals surface area contributed by atoms with Crippen molar-refractivity contribution in [3.05, 3.63) is 24.0 Å². The fourth-order valence-electron chi connectivity index (χ4n) is 1.85. The van der Waals surface area contributed by atoms with Crippen LogP contribution in [0.25, 0.3) is 0 Å². The maximum absolute atomic E-state index is 13.5. The highest BCUT2D eigenvalue weighted by atomic mass is 19.1. The number of benzene rings is 1. The number of halogens is 1. The van der Waals surface area contributed by atoms with Crippen LogP contribution in [0.1, 0.15) is 12.8 Å². The van der Waals surface area contributed by atoms with Gasteiger partial charge < -0.3 is 15.8 Å². The van der Waals surface area contributed by atoms with Crippen LogP contribution in [-0.4, -0.2) is 19.1 Å². The van der Waals surface area contributed by atoms with Crippen molar-refractivity contribution in [2.45, 2.75) is 12.8 Å². The van der Waals surface area contributed by atoms with Crippen LogP contribution < -0.4 is 11.1 Å². The highest BCUT2D eigenvalue weighted by Gasteiger charge is 2.23. The van der Waals surface area contributed by atoms with Crippen molar-refractivity contribution < 1.29 is 13.9 Å². The van der Waals surface area contributed by atoms with Gasteiger partial charge in [0.1, 0.15) is 11.5 Å². The minimum atomic E-state index is -0.518. The number of rotatable bonds is 2. The molecule has 0 spiro atoms. The van der Waals surface area contributed by atoms with Crippen molar-refractivity contribution in [3.8, 4) is 0 Å². The van der Waals surface area contributed by atoms with Gasteiger partial charge in [-0.1, -0.05) is 6.07 Å². The van der Waals surface area contributed by atoms with Crippen LogP contribution in [0.15, 0.2) is 18.2 Å². The van der Waals surface area contributed by atoms with Crippen LogP contribution in [0.4, 0.5) is 15.8 Å². The molecule has 4 nitrogen and oxygen atoms in total. The molecule has 1 aliphatic heterocycles. The molecule has 1 aliphatic rings. The molecule has 1 atom stereocenters. The van der Waals surface area contributed by atoms with Crippen molar-refractivity contribution in [2.75, 3.05) is 24.3 Å². The van der Waals surface area contributed by atoms with E-state index in [1.165, 1.54) is 12.1 Å². The van der Waals surface area contributed by atoms with Gasteiger partial charge in [-0.2, -0.15) is 0 Å². The van der Waals surface area contributed by atoms with E-state index in [1.54, 1.807) is 6.07 Å². The lowest BCUT2D eigenvalue weighted by molar-refractivity contribution is -0.123. The number of nitrogen functional groups attached to an aromatic ring is 1. The van der Waals surface area contributed by atoms with Crippen LogP contribution >= 0.6 is 0 Å². The molecule has 0 radical (unpaired) electrons. The lowest BCUT2D eigenvalue weighted by Crippen LogP contribution is -2.30. The van der Waals surface area contributed by atoms with Gasteiger partial charge >= 0.3 is 0 Å². The molecule has 1 aromatic carbocycles. The van der Waals surface area contributed by atoms with Crippen LogP contribution in [0.2, 0.25) is 0 Å². The summed E-state index contributed by atoms with van der Waals surface area (Å²) in [7, 11) is 0. The Morgan fingerprint density at radius 3 is 3.00 bits per heavy atom. The fourth-order valence-corrected chi connectivity index (χ4v) is 1.85. The van der Waals surface area contributed by atoms with E-state index in [0.29, 0.717) is 13.2 Å². The predicted molar refractivity (Wildman–Crippen MR) is 63.0 cm³/mol. The van der Waals surface area contributed by atoms with E-state index in [4.69, 9.17) is 10.5 Å². The second kappa shape index (κ2) is 5.14. The summed E-state index contributed by atoms with van der Waals surface area (Å²) in [6.07, 6.45) is 1.62. The third-order valence-corrected chi connectivity index (χ3v) is 2.83. The Morgan fingerprint density at radius 2 is 2.35 bits per heavy atom. The zero-order valence-electron chi connectivity index (χ0n) is 9.41. The van der Waals surface area contributed by atoms with Crippen LogP contribution in [0.5, 0.6) is 0 Å². The van der Waals surface area contributed by atoms with Gasteiger partial charge in [-0.3, -0.25) is 4.79 Å². The first-order valence-corrected chi connectivity index (χ1v) is 5.61. The van der Waals surface area contributed by atoms with E-state index in [-0.39, 0.29) is 23.2 Å². The number of hydrogen-bond acceptors (Lipinski definition) is 3. The molecule has 0 aliphatic carbocycles. The SMILES string of the molecule is Nc1cccc(F)c1NC(=O)C1CCCOC1. The maximum atomic E-state index is 13.5. The number of carbonyl (C=O) groups is 1. The van der Waals surface area contributed by atoms with Crippen molar-refractivity contribution in [2.24, 2.45) is 5.92 Å².